The van der Waals surface area contributed by atoms with Crippen LogP contribution in [0.5, 0.6) is 0 Å². The number of aliphatic hydroxyl groups excluding tert-OH is 1. The first-order chi connectivity index (χ1) is 9.20. The summed E-state index contributed by atoms with van der Waals surface area (Å²) < 4.78 is 0. The van der Waals surface area contributed by atoms with Gasteiger partial charge in [-0.1, -0.05) is 25.0 Å². The average Bonchev–Trinajstić information content (AvgIpc) is 2.92. The van der Waals surface area contributed by atoms with Crippen LogP contribution in [0.25, 0.3) is 0 Å². The molecule has 3 N–H and O–H groups in total. The highest BCUT2D eigenvalue weighted by molar-refractivity contribution is 5.79. The first-order valence-electron chi connectivity index (χ1n) is 6.95. The van der Waals surface area contributed by atoms with Crippen LogP contribution in [-0.2, 0) is 11.2 Å². The Bertz CT molecular complexity index is 411. The number of hydrogen-bond acceptors (Lipinski definition) is 3. The van der Waals surface area contributed by atoms with Crippen molar-refractivity contribution in [3.8, 4) is 0 Å². The van der Waals surface area contributed by atoms with Crippen molar-refractivity contribution in [3.05, 3.63) is 29.8 Å². The van der Waals surface area contributed by atoms with E-state index in [4.69, 9.17) is 10.8 Å². The minimum Gasteiger partial charge on any atom is -0.399 e. The van der Waals surface area contributed by atoms with E-state index in [2.05, 4.69) is 0 Å². The summed E-state index contributed by atoms with van der Waals surface area (Å²) in [5.74, 6) is 0.103. The van der Waals surface area contributed by atoms with Gasteiger partial charge in [0.15, 0.2) is 0 Å². The molecule has 0 saturated heterocycles. The number of aliphatic hydroxyl groups is 1. The van der Waals surface area contributed by atoms with Crippen molar-refractivity contribution in [1.82, 2.24) is 4.90 Å². The molecule has 2 rings (SSSR count). The van der Waals surface area contributed by atoms with E-state index in [9.17, 15) is 4.79 Å². The molecule has 104 valence electrons. The Morgan fingerprint density at radius 1 is 1.26 bits per heavy atom. The summed E-state index contributed by atoms with van der Waals surface area (Å²) in [6.45, 7) is 0.475. The summed E-state index contributed by atoms with van der Waals surface area (Å²) >= 11 is 0. The van der Waals surface area contributed by atoms with Gasteiger partial charge >= 0.3 is 0 Å². The lowest BCUT2D eigenvalue weighted by Gasteiger charge is -2.28. The molecule has 0 aliphatic heterocycles. The minimum atomic E-state index is 0.0317. The van der Waals surface area contributed by atoms with Crippen molar-refractivity contribution in [2.24, 2.45) is 0 Å². The van der Waals surface area contributed by atoms with E-state index in [1.54, 1.807) is 0 Å². The van der Waals surface area contributed by atoms with E-state index < -0.39 is 0 Å². The van der Waals surface area contributed by atoms with Crippen LogP contribution in [0.2, 0.25) is 0 Å². The largest absolute Gasteiger partial charge is 0.399 e. The zero-order chi connectivity index (χ0) is 13.7. The molecule has 1 aromatic carbocycles. The van der Waals surface area contributed by atoms with Crippen LogP contribution in [0.1, 0.15) is 31.2 Å². The second-order valence-corrected chi connectivity index (χ2v) is 5.17. The standard InChI is InChI=1S/C15H22N2O2/c16-13-7-5-12(6-8-13)11-15(19)17(9-10-18)14-3-1-2-4-14/h5-8,14,18H,1-4,9-11,16H2. The second kappa shape index (κ2) is 6.57. The molecule has 0 bridgehead atoms. The lowest BCUT2D eigenvalue weighted by Crippen LogP contribution is -2.41. The van der Waals surface area contributed by atoms with Crippen molar-refractivity contribution < 1.29 is 9.90 Å². The number of rotatable bonds is 5. The SMILES string of the molecule is Nc1ccc(CC(=O)N(CCO)C2CCCC2)cc1. The Labute approximate surface area is 114 Å². The van der Waals surface area contributed by atoms with Gasteiger partial charge in [0.2, 0.25) is 5.91 Å². The van der Waals surface area contributed by atoms with Crippen LogP contribution in [0.3, 0.4) is 0 Å². The molecule has 4 heteroatoms. The van der Waals surface area contributed by atoms with Crippen LogP contribution >= 0.6 is 0 Å². The smallest absolute Gasteiger partial charge is 0.227 e. The summed E-state index contributed by atoms with van der Waals surface area (Å²) in [5.41, 5.74) is 7.32. The van der Waals surface area contributed by atoms with Crippen molar-refractivity contribution in [2.45, 2.75) is 38.1 Å². The molecule has 1 aliphatic rings. The maximum absolute atomic E-state index is 12.4. The third-order valence-electron chi connectivity index (χ3n) is 3.76. The number of hydrogen-bond donors (Lipinski definition) is 2. The molecule has 0 spiro atoms. The van der Waals surface area contributed by atoms with E-state index >= 15 is 0 Å². The van der Waals surface area contributed by atoms with Crippen molar-refractivity contribution in [2.75, 3.05) is 18.9 Å². The van der Waals surface area contributed by atoms with Crippen LogP contribution < -0.4 is 5.73 Å². The maximum Gasteiger partial charge on any atom is 0.227 e. The lowest BCUT2D eigenvalue weighted by molar-refractivity contribution is -0.133. The highest BCUT2D eigenvalue weighted by Gasteiger charge is 2.25. The van der Waals surface area contributed by atoms with Gasteiger partial charge in [-0.25, -0.2) is 0 Å². The summed E-state index contributed by atoms with van der Waals surface area (Å²) in [6.07, 6.45) is 4.88. The number of nitrogens with zero attached hydrogens (tertiary/aromatic N) is 1. The van der Waals surface area contributed by atoms with Gasteiger partial charge in [0, 0.05) is 18.3 Å². The van der Waals surface area contributed by atoms with Crippen molar-refractivity contribution in [3.63, 3.8) is 0 Å². The van der Waals surface area contributed by atoms with E-state index in [-0.39, 0.29) is 12.5 Å². The van der Waals surface area contributed by atoms with E-state index in [0.29, 0.717) is 24.7 Å². The Balaban J connectivity index is 2.00. The van der Waals surface area contributed by atoms with Crippen LogP contribution in [0.15, 0.2) is 24.3 Å². The van der Waals surface area contributed by atoms with Gasteiger partial charge in [0.1, 0.15) is 0 Å². The first-order valence-corrected chi connectivity index (χ1v) is 6.95. The quantitative estimate of drug-likeness (QED) is 0.792. The van der Waals surface area contributed by atoms with Crippen molar-refractivity contribution >= 4 is 11.6 Å². The van der Waals surface area contributed by atoms with Gasteiger partial charge < -0.3 is 15.7 Å². The van der Waals surface area contributed by atoms with E-state index in [1.807, 2.05) is 29.2 Å². The Morgan fingerprint density at radius 3 is 2.47 bits per heavy atom. The third-order valence-corrected chi connectivity index (χ3v) is 3.76. The maximum atomic E-state index is 12.4. The molecule has 1 saturated carbocycles. The minimum absolute atomic E-state index is 0.0317. The number of nitrogens with two attached hydrogens (primary N) is 1. The van der Waals surface area contributed by atoms with Gasteiger partial charge in [-0.2, -0.15) is 0 Å². The summed E-state index contributed by atoms with van der Waals surface area (Å²) in [5, 5.41) is 9.14. The Hall–Kier alpha value is -1.55. The molecule has 1 amide bonds. The van der Waals surface area contributed by atoms with Gasteiger partial charge in [0.05, 0.1) is 13.0 Å². The molecule has 0 atom stereocenters. The molecule has 0 aromatic heterocycles. The molecular weight excluding hydrogens is 240 g/mol. The average molecular weight is 262 g/mol. The van der Waals surface area contributed by atoms with Gasteiger partial charge in [-0.15, -0.1) is 0 Å². The molecular formula is C15H22N2O2. The fourth-order valence-electron chi connectivity index (χ4n) is 2.75. The van der Waals surface area contributed by atoms with Crippen LogP contribution in [-0.4, -0.2) is 35.1 Å². The van der Waals surface area contributed by atoms with Gasteiger partial charge in [0.25, 0.3) is 0 Å². The molecule has 0 radical (unpaired) electrons. The molecule has 19 heavy (non-hydrogen) atoms. The molecule has 1 aromatic rings. The highest BCUT2D eigenvalue weighted by Crippen LogP contribution is 2.24. The van der Waals surface area contributed by atoms with E-state index in [1.165, 1.54) is 12.8 Å². The number of carbonyl (C=O) groups excluding carboxylic acids is 1. The molecule has 1 fully saturated rings. The molecule has 4 nitrogen and oxygen atoms in total. The summed E-state index contributed by atoms with van der Waals surface area (Å²) in [4.78, 5) is 14.2. The predicted octanol–water partition coefficient (Wildman–Crippen LogP) is 1.57. The summed E-state index contributed by atoms with van der Waals surface area (Å²) in [7, 11) is 0. The number of amides is 1. The Kier molecular flexibility index (Phi) is 4.80. The number of nitrogen functional groups attached to an aromatic ring is 1. The van der Waals surface area contributed by atoms with Gasteiger partial charge in [-0.05, 0) is 30.5 Å². The molecule has 0 heterocycles. The summed E-state index contributed by atoms with van der Waals surface area (Å²) in [6, 6.07) is 7.72. The number of anilines is 1. The fraction of sp³-hybridized carbons (Fsp3) is 0.533. The predicted molar refractivity (Wildman–Crippen MR) is 75.6 cm³/mol. The van der Waals surface area contributed by atoms with Crippen LogP contribution in [0.4, 0.5) is 5.69 Å². The number of benzene rings is 1. The monoisotopic (exact) mass is 262 g/mol. The second-order valence-electron chi connectivity index (χ2n) is 5.17. The molecule has 0 unspecified atom stereocenters. The lowest BCUT2D eigenvalue weighted by atomic mass is 10.1. The van der Waals surface area contributed by atoms with Crippen LogP contribution in [0, 0.1) is 0 Å². The van der Waals surface area contributed by atoms with Gasteiger partial charge in [-0.3, -0.25) is 4.79 Å². The zero-order valence-corrected chi connectivity index (χ0v) is 11.2. The fourth-order valence-corrected chi connectivity index (χ4v) is 2.75. The highest BCUT2D eigenvalue weighted by atomic mass is 16.3. The normalized spacial score (nSPS) is 15.6. The first kappa shape index (κ1) is 13.9. The molecule has 1 aliphatic carbocycles. The van der Waals surface area contributed by atoms with E-state index in [0.717, 1.165) is 18.4 Å². The zero-order valence-electron chi connectivity index (χ0n) is 11.2. The van der Waals surface area contributed by atoms with Crippen molar-refractivity contribution in [1.29, 1.82) is 0 Å². The Morgan fingerprint density at radius 2 is 1.89 bits per heavy atom. The number of carbonyl (C=O) groups is 1. The third kappa shape index (κ3) is 3.70. The topological polar surface area (TPSA) is 66.6 Å².